The van der Waals surface area contributed by atoms with Crippen molar-refractivity contribution in [2.75, 3.05) is 0 Å². The Kier molecular flexibility index (Phi) is 6.01. The van der Waals surface area contributed by atoms with Gasteiger partial charge in [0.25, 0.3) is 5.78 Å². The molecule has 3 aromatic rings. The second-order valence-electron chi connectivity index (χ2n) is 6.89. The maximum atomic E-state index is 12.2. The Morgan fingerprint density at radius 3 is 2.70 bits per heavy atom. The molecule has 142 valence electrons. The zero-order valence-corrected chi connectivity index (χ0v) is 15.9. The average Bonchev–Trinajstić information content (AvgIpc) is 3.02. The number of aromatic nitrogens is 4. The van der Waals surface area contributed by atoms with Crippen LogP contribution in [0.15, 0.2) is 42.7 Å². The number of rotatable bonds is 8. The van der Waals surface area contributed by atoms with Gasteiger partial charge in [0.2, 0.25) is 5.91 Å². The maximum Gasteiger partial charge on any atom is 0.252 e. The SMILES string of the molecule is CC(C)Oc1ccc(CC[C@@H](C)NC(=O)Cc2nc3ncccn3n2)cc1. The summed E-state index contributed by atoms with van der Waals surface area (Å²) in [6, 6.07) is 9.96. The number of ether oxygens (including phenoxy) is 1. The molecule has 2 aromatic heterocycles. The van der Waals surface area contributed by atoms with Gasteiger partial charge in [-0.2, -0.15) is 4.98 Å². The zero-order valence-electron chi connectivity index (χ0n) is 15.9. The number of fused-ring (bicyclic) bond motifs is 1. The number of benzene rings is 1. The van der Waals surface area contributed by atoms with Crippen LogP contribution in [0.2, 0.25) is 0 Å². The minimum absolute atomic E-state index is 0.0687. The molecule has 0 aliphatic rings. The fourth-order valence-corrected chi connectivity index (χ4v) is 2.78. The van der Waals surface area contributed by atoms with Crippen molar-refractivity contribution in [1.82, 2.24) is 24.9 Å². The van der Waals surface area contributed by atoms with Crippen LogP contribution in [0.5, 0.6) is 5.75 Å². The molecule has 7 nitrogen and oxygen atoms in total. The summed E-state index contributed by atoms with van der Waals surface area (Å²) in [5, 5.41) is 7.26. The Labute approximate surface area is 158 Å². The molecule has 1 amide bonds. The predicted molar refractivity (Wildman–Crippen MR) is 103 cm³/mol. The van der Waals surface area contributed by atoms with Crippen molar-refractivity contribution >= 4 is 11.7 Å². The van der Waals surface area contributed by atoms with Crippen LogP contribution < -0.4 is 10.1 Å². The van der Waals surface area contributed by atoms with Crippen LogP contribution in [0.1, 0.15) is 38.6 Å². The van der Waals surface area contributed by atoms with E-state index in [0.717, 1.165) is 18.6 Å². The molecule has 1 N–H and O–H groups in total. The van der Waals surface area contributed by atoms with Crippen molar-refractivity contribution in [1.29, 1.82) is 0 Å². The molecule has 7 heteroatoms. The molecule has 0 bridgehead atoms. The van der Waals surface area contributed by atoms with Crippen molar-refractivity contribution < 1.29 is 9.53 Å². The van der Waals surface area contributed by atoms with Gasteiger partial charge in [-0.3, -0.25) is 4.79 Å². The molecule has 0 aliphatic carbocycles. The van der Waals surface area contributed by atoms with Crippen molar-refractivity contribution in [2.24, 2.45) is 0 Å². The van der Waals surface area contributed by atoms with Crippen LogP contribution in [0.3, 0.4) is 0 Å². The normalized spacial score (nSPS) is 12.3. The molecule has 0 spiro atoms. The number of hydrogen-bond acceptors (Lipinski definition) is 5. The molecular formula is C20H25N5O2. The van der Waals surface area contributed by atoms with Gasteiger partial charge < -0.3 is 10.1 Å². The summed E-state index contributed by atoms with van der Waals surface area (Å²) >= 11 is 0. The molecule has 2 heterocycles. The number of carbonyl (C=O) groups is 1. The number of carbonyl (C=O) groups excluding carboxylic acids is 1. The number of hydrogen-bond donors (Lipinski definition) is 1. The van der Waals surface area contributed by atoms with Crippen LogP contribution in [0.4, 0.5) is 0 Å². The molecule has 0 aliphatic heterocycles. The van der Waals surface area contributed by atoms with E-state index in [0.29, 0.717) is 11.6 Å². The molecule has 0 saturated carbocycles. The lowest BCUT2D eigenvalue weighted by Crippen LogP contribution is -2.34. The van der Waals surface area contributed by atoms with Crippen LogP contribution in [0, 0.1) is 0 Å². The van der Waals surface area contributed by atoms with Crippen molar-refractivity contribution in [3.63, 3.8) is 0 Å². The van der Waals surface area contributed by atoms with Gasteiger partial charge in [-0.05, 0) is 57.4 Å². The third-order valence-electron chi connectivity index (χ3n) is 4.05. The Bertz CT molecular complexity index is 856. The minimum atomic E-state index is -0.0842. The Morgan fingerprint density at radius 2 is 2.00 bits per heavy atom. The lowest BCUT2D eigenvalue weighted by molar-refractivity contribution is -0.121. The molecule has 0 unspecified atom stereocenters. The van der Waals surface area contributed by atoms with Crippen molar-refractivity contribution in [2.45, 2.75) is 52.2 Å². The van der Waals surface area contributed by atoms with E-state index in [9.17, 15) is 4.79 Å². The van der Waals surface area contributed by atoms with Crippen molar-refractivity contribution in [3.8, 4) is 5.75 Å². The monoisotopic (exact) mass is 367 g/mol. The average molecular weight is 367 g/mol. The quantitative estimate of drug-likeness (QED) is 0.662. The lowest BCUT2D eigenvalue weighted by Gasteiger charge is -2.14. The van der Waals surface area contributed by atoms with E-state index in [1.807, 2.05) is 32.9 Å². The maximum absolute atomic E-state index is 12.2. The molecule has 27 heavy (non-hydrogen) atoms. The Balaban J connectivity index is 1.45. The van der Waals surface area contributed by atoms with Gasteiger partial charge in [-0.1, -0.05) is 12.1 Å². The summed E-state index contributed by atoms with van der Waals surface area (Å²) in [6.45, 7) is 6.03. The fraction of sp³-hybridized carbons (Fsp3) is 0.400. The first kappa shape index (κ1) is 18.8. The predicted octanol–water partition coefficient (Wildman–Crippen LogP) is 2.59. The van der Waals surface area contributed by atoms with Crippen molar-refractivity contribution in [3.05, 3.63) is 54.1 Å². The summed E-state index contributed by atoms with van der Waals surface area (Å²) in [4.78, 5) is 20.6. The first-order valence-electron chi connectivity index (χ1n) is 9.21. The summed E-state index contributed by atoms with van der Waals surface area (Å²) in [5.74, 6) is 1.76. The van der Waals surface area contributed by atoms with Crippen LogP contribution in [-0.2, 0) is 17.6 Å². The largest absolute Gasteiger partial charge is 0.491 e. The van der Waals surface area contributed by atoms with Gasteiger partial charge in [0.1, 0.15) is 5.75 Å². The highest BCUT2D eigenvalue weighted by Gasteiger charge is 2.12. The topological polar surface area (TPSA) is 81.4 Å². The van der Waals surface area contributed by atoms with E-state index in [1.54, 1.807) is 23.0 Å². The summed E-state index contributed by atoms with van der Waals surface area (Å²) < 4.78 is 7.22. The molecule has 0 saturated heterocycles. The Hall–Kier alpha value is -2.96. The molecule has 0 radical (unpaired) electrons. The van der Waals surface area contributed by atoms with Gasteiger partial charge in [0.15, 0.2) is 5.82 Å². The third-order valence-corrected chi connectivity index (χ3v) is 4.05. The van der Waals surface area contributed by atoms with Crippen LogP contribution >= 0.6 is 0 Å². The number of aryl methyl sites for hydroxylation is 1. The summed E-state index contributed by atoms with van der Waals surface area (Å²) in [6.07, 6.45) is 5.48. The standard InChI is InChI=1S/C20H25N5O2/c1-14(2)27-17-9-7-16(8-10-17)6-5-15(3)22-19(26)13-18-23-20-21-11-4-12-25(20)24-18/h4,7-12,14-15H,5-6,13H2,1-3H3,(H,22,26)/t15-/m1/s1. The third kappa shape index (κ3) is 5.51. The van der Waals surface area contributed by atoms with E-state index in [4.69, 9.17) is 4.74 Å². The van der Waals surface area contributed by atoms with Gasteiger partial charge in [-0.15, -0.1) is 5.10 Å². The smallest absolute Gasteiger partial charge is 0.252 e. The van der Waals surface area contributed by atoms with Crippen LogP contribution in [0.25, 0.3) is 5.78 Å². The zero-order chi connectivity index (χ0) is 19.2. The fourth-order valence-electron chi connectivity index (χ4n) is 2.78. The summed E-state index contributed by atoms with van der Waals surface area (Å²) in [7, 11) is 0. The highest BCUT2D eigenvalue weighted by molar-refractivity contribution is 5.78. The first-order chi connectivity index (χ1) is 13.0. The van der Waals surface area contributed by atoms with E-state index >= 15 is 0 Å². The molecule has 3 rings (SSSR count). The Morgan fingerprint density at radius 1 is 1.22 bits per heavy atom. The second kappa shape index (κ2) is 8.62. The minimum Gasteiger partial charge on any atom is -0.491 e. The highest BCUT2D eigenvalue weighted by atomic mass is 16.5. The van der Waals surface area contributed by atoms with E-state index in [2.05, 4.69) is 32.5 Å². The van der Waals surface area contributed by atoms with Gasteiger partial charge in [0.05, 0.1) is 12.5 Å². The second-order valence-corrected chi connectivity index (χ2v) is 6.89. The summed E-state index contributed by atoms with van der Waals surface area (Å²) in [5.41, 5.74) is 1.22. The van der Waals surface area contributed by atoms with E-state index < -0.39 is 0 Å². The van der Waals surface area contributed by atoms with E-state index in [-0.39, 0.29) is 24.5 Å². The molecule has 1 aromatic carbocycles. The van der Waals surface area contributed by atoms with Gasteiger partial charge >= 0.3 is 0 Å². The highest BCUT2D eigenvalue weighted by Crippen LogP contribution is 2.15. The number of nitrogens with zero attached hydrogens (tertiary/aromatic N) is 4. The molecule has 0 fully saturated rings. The first-order valence-corrected chi connectivity index (χ1v) is 9.21. The lowest BCUT2D eigenvalue weighted by atomic mass is 10.1. The van der Waals surface area contributed by atoms with Gasteiger partial charge in [0, 0.05) is 18.4 Å². The van der Waals surface area contributed by atoms with E-state index in [1.165, 1.54) is 5.56 Å². The molecule has 1 atom stereocenters. The van der Waals surface area contributed by atoms with Gasteiger partial charge in [-0.25, -0.2) is 9.50 Å². The molecular weight excluding hydrogens is 342 g/mol. The number of nitrogens with one attached hydrogen (secondary N) is 1. The number of amides is 1. The van der Waals surface area contributed by atoms with Crippen LogP contribution in [-0.4, -0.2) is 37.6 Å².